The summed E-state index contributed by atoms with van der Waals surface area (Å²) >= 11 is 0. The smallest absolute Gasteiger partial charge is 0.250 e. The third-order valence-corrected chi connectivity index (χ3v) is 6.09. The Balaban J connectivity index is 0.00000225. The highest BCUT2D eigenvalue weighted by atomic mass is 127. The highest BCUT2D eigenvalue weighted by Gasteiger charge is 2.43. The molecule has 2 fully saturated rings. The van der Waals surface area contributed by atoms with Gasteiger partial charge in [0.1, 0.15) is 0 Å². The van der Waals surface area contributed by atoms with Gasteiger partial charge >= 0.3 is 0 Å². The first-order valence-electron chi connectivity index (χ1n) is 9.86. The van der Waals surface area contributed by atoms with Gasteiger partial charge in [-0.1, -0.05) is 36.8 Å². The molecule has 0 atom stereocenters. The van der Waals surface area contributed by atoms with Crippen molar-refractivity contribution in [3.63, 3.8) is 0 Å². The average molecular weight is 492 g/mol. The molecule has 150 valence electrons. The van der Waals surface area contributed by atoms with Gasteiger partial charge < -0.3 is 14.8 Å². The van der Waals surface area contributed by atoms with E-state index in [9.17, 15) is 4.79 Å². The SMILES string of the molecule is CN=C(NCc1ccc(Cn2ccccc2=O)cc1)N1CCC2(CCC2)C1.I. The molecule has 0 unspecified atom stereocenters. The molecule has 2 aromatic rings. The Bertz CT molecular complexity index is 871. The van der Waals surface area contributed by atoms with E-state index in [1.54, 1.807) is 16.7 Å². The maximum absolute atomic E-state index is 11.8. The predicted octanol–water partition coefficient (Wildman–Crippen LogP) is 3.47. The topological polar surface area (TPSA) is 49.6 Å². The number of aliphatic imine (C=N–C) groups is 1. The van der Waals surface area contributed by atoms with Gasteiger partial charge in [-0.25, -0.2) is 0 Å². The van der Waals surface area contributed by atoms with E-state index in [1.165, 1.54) is 31.2 Å². The van der Waals surface area contributed by atoms with Crippen molar-refractivity contribution >= 4 is 29.9 Å². The van der Waals surface area contributed by atoms with Crippen LogP contribution in [-0.2, 0) is 13.1 Å². The third kappa shape index (κ3) is 4.59. The zero-order valence-electron chi connectivity index (χ0n) is 16.4. The number of rotatable bonds is 4. The average Bonchev–Trinajstić information content (AvgIpc) is 3.12. The second kappa shape index (κ2) is 9.11. The summed E-state index contributed by atoms with van der Waals surface area (Å²) in [5.74, 6) is 1.01. The standard InChI is InChI=1S/C22H28N4O.HI/c1-23-21(26-14-12-22(17-26)10-4-11-22)24-15-18-6-8-19(9-7-18)16-25-13-3-2-5-20(25)27;/h2-3,5-9,13H,4,10-12,14-17H2,1H3,(H,23,24);1H. The number of benzene rings is 1. The van der Waals surface area contributed by atoms with E-state index in [1.807, 2.05) is 19.3 Å². The monoisotopic (exact) mass is 492 g/mol. The zero-order valence-corrected chi connectivity index (χ0v) is 18.8. The maximum Gasteiger partial charge on any atom is 0.250 e. The molecule has 5 nitrogen and oxygen atoms in total. The number of hydrogen-bond acceptors (Lipinski definition) is 2. The van der Waals surface area contributed by atoms with E-state index in [0.29, 0.717) is 12.0 Å². The minimum absolute atomic E-state index is 0. The number of nitrogens with zero attached hydrogens (tertiary/aromatic N) is 3. The van der Waals surface area contributed by atoms with Gasteiger partial charge in [-0.2, -0.15) is 0 Å². The van der Waals surface area contributed by atoms with E-state index in [4.69, 9.17) is 0 Å². The van der Waals surface area contributed by atoms with Crippen LogP contribution in [0.25, 0.3) is 0 Å². The van der Waals surface area contributed by atoms with E-state index < -0.39 is 0 Å². The molecular weight excluding hydrogens is 463 g/mol. The van der Waals surface area contributed by atoms with Crippen molar-refractivity contribution in [2.45, 2.75) is 38.8 Å². The minimum Gasteiger partial charge on any atom is -0.352 e. The summed E-state index contributed by atoms with van der Waals surface area (Å²) in [6.07, 6.45) is 7.29. The Morgan fingerprint density at radius 1 is 1.11 bits per heavy atom. The predicted molar refractivity (Wildman–Crippen MR) is 124 cm³/mol. The Kier molecular flexibility index (Phi) is 6.80. The lowest BCUT2D eigenvalue weighted by atomic mass is 9.68. The number of likely N-dealkylation sites (tertiary alicyclic amines) is 1. The van der Waals surface area contributed by atoms with Crippen molar-refractivity contribution in [1.82, 2.24) is 14.8 Å². The lowest BCUT2D eigenvalue weighted by molar-refractivity contribution is 0.151. The molecule has 1 saturated heterocycles. The molecule has 4 rings (SSSR count). The quantitative estimate of drug-likeness (QED) is 0.404. The van der Waals surface area contributed by atoms with Crippen LogP contribution in [0.2, 0.25) is 0 Å². The van der Waals surface area contributed by atoms with Gasteiger partial charge in [0.05, 0.1) is 6.54 Å². The van der Waals surface area contributed by atoms with Crippen LogP contribution in [0.15, 0.2) is 58.4 Å². The van der Waals surface area contributed by atoms with Gasteiger partial charge in [-0.3, -0.25) is 9.79 Å². The second-order valence-electron chi connectivity index (χ2n) is 7.91. The van der Waals surface area contributed by atoms with Gasteiger partial charge in [-0.15, -0.1) is 24.0 Å². The lowest BCUT2D eigenvalue weighted by Gasteiger charge is -2.38. The summed E-state index contributed by atoms with van der Waals surface area (Å²) in [4.78, 5) is 18.7. The van der Waals surface area contributed by atoms with Crippen molar-refractivity contribution in [2.75, 3.05) is 20.1 Å². The van der Waals surface area contributed by atoms with E-state index in [0.717, 1.165) is 31.2 Å². The van der Waals surface area contributed by atoms with Crippen LogP contribution in [0, 0.1) is 5.41 Å². The fourth-order valence-corrected chi connectivity index (χ4v) is 4.26. The van der Waals surface area contributed by atoms with Gasteiger partial charge in [0.15, 0.2) is 5.96 Å². The Hall–Kier alpha value is -1.83. The lowest BCUT2D eigenvalue weighted by Crippen LogP contribution is -2.42. The molecule has 0 amide bonds. The third-order valence-electron chi connectivity index (χ3n) is 6.09. The number of nitrogens with one attached hydrogen (secondary N) is 1. The van der Waals surface area contributed by atoms with E-state index >= 15 is 0 Å². The molecule has 1 saturated carbocycles. The summed E-state index contributed by atoms with van der Waals surface area (Å²) < 4.78 is 1.72. The fourth-order valence-electron chi connectivity index (χ4n) is 4.26. The van der Waals surface area contributed by atoms with E-state index in [2.05, 4.69) is 39.5 Å². The molecule has 28 heavy (non-hydrogen) atoms. The Morgan fingerprint density at radius 3 is 2.46 bits per heavy atom. The molecule has 2 heterocycles. The fraction of sp³-hybridized carbons (Fsp3) is 0.455. The van der Waals surface area contributed by atoms with Gasteiger partial charge in [0.25, 0.3) is 5.56 Å². The van der Waals surface area contributed by atoms with Crippen molar-refractivity contribution in [3.05, 3.63) is 70.1 Å². The molecule has 1 aliphatic carbocycles. The van der Waals surface area contributed by atoms with Crippen LogP contribution in [0.4, 0.5) is 0 Å². The van der Waals surface area contributed by atoms with Gasteiger partial charge in [0.2, 0.25) is 0 Å². The maximum atomic E-state index is 11.8. The molecule has 6 heteroatoms. The number of pyridine rings is 1. The largest absolute Gasteiger partial charge is 0.352 e. The molecule has 1 spiro atoms. The van der Waals surface area contributed by atoms with E-state index in [-0.39, 0.29) is 29.5 Å². The number of halogens is 1. The van der Waals surface area contributed by atoms with Crippen LogP contribution < -0.4 is 10.9 Å². The van der Waals surface area contributed by atoms with Crippen LogP contribution in [0.1, 0.15) is 36.8 Å². The first-order chi connectivity index (χ1) is 13.2. The number of hydrogen-bond donors (Lipinski definition) is 1. The molecular formula is C22H29IN4O. The first kappa shape index (κ1) is 20.9. The van der Waals surface area contributed by atoms with Gasteiger partial charge in [-0.05, 0) is 41.9 Å². The molecule has 2 aliphatic rings. The molecule has 1 aromatic carbocycles. The zero-order chi connectivity index (χ0) is 18.7. The second-order valence-corrected chi connectivity index (χ2v) is 7.91. The first-order valence-corrected chi connectivity index (χ1v) is 9.86. The molecule has 1 aliphatic heterocycles. The Morgan fingerprint density at radius 2 is 1.86 bits per heavy atom. The Labute approximate surface area is 183 Å². The summed E-state index contributed by atoms with van der Waals surface area (Å²) in [5.41, 5.74) is 2.96. The summed E-state index contributed by atoms with van der Waals surface area (Å²) in [5, 5.41) is 3.51. The van der Waals surface area contributed by atoms with Gasteiger partial charge in [0, 0.05) is 38.9 Å². The van der Waals surface area contributed by atoms with Crippen molar-refractivity contribution in [3.8, 4) is 0 Å². The molecule has 0 radical (unpaired) electrons. The highest BCUT2D eigenvalue weighted by molar-refractivity contribution is 14.0. The molecule has 1 aromatic heterocycles. The van der Waals surface area contributed by atoms with Crippen LogP contribution >= 0.6 is 24.0 Å². The van der Waals surface area contributed by atoms with Crippen molar-refractivity contribution in [1.29, 1.82) is 0 Å². The van der Waals surface area contributed by atoms with Crippen LogP contribution in [0.3, 0.4) is 0 Å². The summed E-state index contributed by atoms with van der Waals surface area (Å²) in [6.45, 7) is 3.63. The summed E-state index contributed by atoms with van der Waals surface area (Å²) in [6, 6.07) is 13.7. The van der Waals surface area contributed by atoms with Crippen molar-refractivity contribution in [2.24, 2.45) is 10.4 Å². The molecule has 1 N–H and O–H groups in total. The number of guanidine groups is 1. The van der Waals surface area contributed by atoms with Crippen LogP contribution in [0.5, 0.6) is 0 Å². The summed E-state index contributed by atoms with van der Waals surface area (Å²) in [7, 11) is 1.87. The van der Waals surface area contributed by atoms with Crippen molar-refractivity contribution < 1.29 is 0 Å². The van der Waals surface area contributed by atoms with Crippen LogP contribution in [-0.4, -0.2) is 35.6 Å². The number of aromatic nitrogens is 1. The minimum atomic E-state index is 0. The normalized spacial score (nSPS) is 17.9. The highest BCUT2D eigenvalue weighted by Crippen LogP contribution is 2.47. The molecule has 0 bridgehead atoms.